The molecule has 19 heavy (non-hydrogen) atoms. The van der Waals surface area contributed by atoms with Gasteiger partial charge in [-0.05, 0) is 49.8 Å². The Bertz CT molecular complexity index is 463. The van der Waals surface area contributed by atoms with Gasteiger partial charge < -0.3 is 5.32 Å². The van der Waals surface area contributed by atoms with E-state index in [0.29, 0.717) is 21.3 Å². The Balaban J connectivity index is 1.92. The van der Waals surface area contributed by atoms with Gasteiger partial charge in [0.1, 0.15) is 0 Å². The highest BCUT2D eigenvalue weighted by atomic mass is 79.9. The van der Waals surface area contributed by atoms with Gasteiger partial charge in [-0.15, -0.1) is 0 Å². The van der Waals surface area contributed by atoms with Crippen LogP contribution in [-0.2, 0) is 0 Å². The van der Waals surface area contributed by atoms with Crippen LogP contribution in [0.15, 0.2) is 18.2 Å². The topological polar surface area (TPSA) is 29.1 Å². The van der Waals surface area contributed by atoms with Crippen molar-refractivity contribution in [3.8, 4) is 0 Å². The molecule has 0 aliphatic heterocycles. The van der Waals surface area contributed by atoms with Gasteiger partial charge in [0.05, 0.1) is 0 Å². The van der Waals surface area contributed by atoms with Gasteiger partial charge >= 0.3 is 0 Å². The SMILES string of the molecule is Cc1c(Cl)cccc1C(=O)NCC1CCCC(Br)C1. The fraction of sp³-hybridized carbons (Fsp3) is 0.533. The lowest BCUT2D eigenvalue weighted by atomic mass is 9.89. The maximum Gasteiger partial charge on any atom is 0.251 e. The Morgan fingerprint density at radius 3 is 3.00 bits per heavy atom. The minimum atomic E-state index is -0.0169. The van der Waals surface area contributed by atoms with Crippen LogP contribution >= 0.6 is 27.5 Å². The van der Waals surface area contributed by atoms with Crippen LogP contribution in [0.3, 0.4) is 0 Å². The number of nitrogens with one attached hydrogen (secondary N) is 1. The van der Waals surface area contributed by atoms with Crippen LogP contribution in [0.4, 0.5) is 0 Å². The number of amides is 1. The highest BCUT2D eigenvalue weighted by Crippen LogP contribution is 2.28. The summed E-state index contributed by atoms with van der Waals surface area (Å²) in [6.07, 6.45) is 4.84. The first kappa shape index (κ1) is 14.9. The molecule has 0 bridgehead atoms. The van der Waals surface area contributed by atoms with Gasteiger partial charge in [0.2, 0.25) is 0 Å². The molecule has 1 aliphatic rings. The van der Waals surface area contributed by atoms with E-state index < -0.39 is 0 Å². The number of alkyl halides is 1. The van der Waals surface area contributed by atoms with Crippen LogP contribution in [0.25, 0.3) is 0 Å². The molecular weight excluding hydrogens is 326 g/mol. The third kappa shape index (κ3) is 3.96. The number of rotatable bonds is 3. The summed E-state index contributed by atoms with van der Waals surface area (Å²) >= 11 is 9.71. The number of carbonyl (C=O) groups is 1. The standard InChI is InChI=1S/C15H19BrClNO/c1-10-13(6-3-7-14(10)17)15(19)18-9-11-4-2-5-12(16)8-11/h3,6-7,11-12H,2,4-5,8-9H2,1H3,(H,18,19). The molecular formula is C15H19BrClNO. The van der Waals surface area contributed by atoms with Crippen molar-refractivity contribution in [3.05, 3.63) is 34.3 Å². The third-order valence-electron chi connectivity index (χ3n) is 3.78. The molecule has 2 rings (SSSR count). The minimum absolute atomic E-state index is 0.0169. The van der Waals surface area contributed by atoms with Crippen molar-refractivity contribution >= 4 is 33.4 Å². The lowest BCUT2D eigenvalue weighted by Gasteiger charge is -2.25. The van der Waals surface area contributed by atoms with E-state index in [1.165, 1.54) is 19.3 Å². The van der Waals surface area contributed by atoms with Gasteiger partial charge in [-0.2, -0.15) is 0 Å². The number of benzene rings is 1. The molecule has 2 unspecified atom stereocenters. The van der Waals surface area contributed by atoms with E-state index in [2.05, 4.69) is 21.2 Å². The molecule has 1 aromatic rings. The van der Waals surface area contributed by atoms with E-state index in [1.807, 2.05) is 25.1 Å². The van der Waals surface area contributed by atoms with E-state index in [4.69, 9.17) is 11.6 Å². The molecule has 2 nitrogen and oxygen atoms in total. The summed E-state index contributed by atoms with van der Waals surface area (Å²) in [5.74, 6) is 0.568. The van der Waals surface area contributed by atoms with Crippen molar-refractivity contribution in [2.75, 3.05) is 6.54 Å². The predicted octanol–water partition coefficient (Wildman–Crippen LogP) is 4.33. The lowest BCUT2D eigenvalue weighted by Crippen LogP contribution is -2.32. The molecule has 1 aliphatic carbocycles. The van der Waals surface area contributed by atoms with Crippen molar-refractivity contribution in [1.82, 2.24) is 5.32 Å². The molecule has 0 radical (unpaired) electrons. The first-order valence-corrected chi connectivity index (χ1v) is 8.04. The average molecular weight is 345 g/mol. The van der Waals surface area contributed by atoms with Gasteiger partial charge in [0.15, 0.2) is 0 Å². The molecule has 1 fully saturated rings. The highest BCUT2D eigenvalue weighted by Gasteiger charge is 2.20. The summed E-state index contributed by atoms with van der Waals surface area (Å²) in [4.78, 5) is 12.8. The number of hydrogen-bond acceptors (Lipinski definition) is 1. The van der Waals surface area contributed by atoms with Gasteiger partial charge in [-0.25, -0.2) is 0 Å². The molecule has 0 heterocycles. The Hall–Kier alpha value is -0.540. The Morgan fingerprint density at radius 1 is 1.47 bits per heavy atom. The first-order valence-electron chi connectivity index (χ1n) is 6.75. The fourth-order valence-electron chi connectivity index (χ4n) is 2.60. The van der Waals surface area contributed by atoms with Crippen molar-refractivity contribution < 1.29 is 4.79 Å². The fourth-order valence-corrected chi connectivity index (χ4v) is 3.62. The predicted molar refractivity (Wildman–Crippen MR) is 83.2 cm³/mol. The van der Waals surface area contributed by atoms with Gasteiger partial charge in [0, 0.05) is 22.0 Å². The van der Waals surface area contributed by atoms with Crippen LogP contribution in [0.2, 0.25) is 5.02 Å². The molecule has 104 valence electrons. The zero-order chi connectivity index (χ0) is 13.8. The Labute approximate surface area is 128 Å². The van der Waals surface area contributed by atoms with Gasteiger partial charge in [-0.1, -0.05) is 40.0 Å². The summed E-state index contributed by atoms with van der Waals surface area (Å²) in [5.41, 5.74) is 1.53. The van der Waals surface area contributed by atoms with Crippen LogP contribution < -0.4 is 5.32 Å². The summed E-state index contributed by atoms with van der Waals surface area (Å²) in [6, 6.07) is 5.45. The summed E-state index contributed by atoms with van der Waals surface area (Å²) in [7, 11) is 0. The van der Waals surface area contributed by atoms with E-state index in [0.717, 1.165) is 18.5 Å². The molecule has 1 aromatic carbocycles. The second-order valence-corrected chi connectivity index (χ2v) is 6.95. The molecule has 0 aromatic heterocycles. The van der Waals surface area contributed by atoms with E-state index in [-0.39, 0.29) is 5.91 Å². The maximum atomic E-state index is 12.2. The normalized spacial score (nSPS) is 23.1. The monoisotopic (exact) mass is 343 g/mol. The number of halogens is 2. The molecule has 1 N–H and O–H groups in total. The molecule has 4 heteroatoms. The number of hydrogen-bond donors (Lipinski definition) is 1. The summed E-state index contributed by atoms with van der Waals surface area (Å²) in [5, 5.41) is 3.68. The largest absolute Gasteiger partial charge is 0.352 e. The van der Waals surface area contributed by atoms with Crippen molar-refractivity contribution in [2.45, 2.75) is 37.4 Å². The zero-order valence-corrected chi connectivity index (χ0v) is 13.4. The Morgan fingerprint density at radius 2 is 2.26 bits per heavy atom. The zero-order valence-electron chi connectivity index (χ0n) is 11.1. The smallest absolute Gasteiger partial charge is 0.251 e. The molecule has 1 saturated carbocycles. The van der Waals surface area contributed by atoms with Crippen molar-refractivity contribution in [1.29, 1.82) is 0 Å². The summed E-state index contributed by atoms with van der Waals surface area (Å²) in [6.45, 7) is 2.64. The molecule has 0 saturated heterocycles. The number of carbonyl (C=O) groups excluding carboxylic acids is 1. The van der Waals surface area contributed by atoms with Gasteiger partial charge in [-0.3, -0.25) is 4.79 Å². The highest BCUT2D eigenvalue weighted by molar-refractivity contribution is 9.09. The minimum Gasteiger partial charge on any atom is -0.352 e. The average Bonchev–Trinajstić information content (AvgIpc) is 2.39. The van der Waals surface area contributed by atoms with E-state index in [1.54, 1.807) is 0 Å². The van der Waals surface area contributed by atoms with E-state index >= 15 is 0 Å². The molecule has 2 atom stereocenters. The van der Waals surface area contributed by atoms with Crippen LogP contribution in [-0.4, -0.2) is 17.3 Å². The van der Waals surface area contributed by atoms with Gasteiger partial charge in [0.25, 0.3) is 5.91 Å². The maximum absolute atomic E-state index is 12.2. The van der Waals surface area contributed by atoms with E-state index in [9.17, 15) is 4.79 Å². The third-order valence-corrected chi connectivity index (χ3v) is 5.02. The second-order valence-electron chi connectivity index (χ2n) is 5.25. The lowest BCUT2D eigenvalue weighted by molar-refractivity contribution is 0.0943. The van der Waals surface area contributed by atoms with Crippen LogP contribution in [0, 0.1) is 12.8 Å². The van der Waals surface area contributed by atoms with Crippen LogP contribution in [0.5, 0.6) is 0 Å². The molecule has 0 spiro atoms. The molecule has 1 amide bonds. The van der Waals surface area contributed by atoms with Crippen molar-refractivity contribution in [3.63, 3.8) is 0 Å². The van der Waals surface area contributed by atoms with Crippen LogP contribution in [0.1, 0.15) is 41.6 Å². The summed E-state index contributed by atoms with van der Waals surface area (Å²) < 4.78 is 0. The van der Waals surface area contributed by atoms with Crippen molar-refractivity contribution in [2.24, 2.45) is 5.92 Å². The second kappa shape index (κ2) is 6.76. The quantitative estimate of drug-likeness (QED) is 0.812. The first-order chi connectivity index (χ1) is 9.08. The Kier molecular flexibility index (Phi) is 5.28.